The van der Waals surface area contributed by atoms with Crippen LogP contribution in [0.15, 0.2) is 12.8 Å². The monoisotopic (exact) mass is 132 g/mol. The highest BCUT2D eigenvalue weighted by Gasteiger charge is 2.09. The molecule has 0 unspecified atom stereocenters. The minimum absolute atomic E-state index is 0.416. The summed E-state index contributed by atoms with van der Waals surface area (Å²) in [7, 11) is 0. The van der Waals surface area contributed by atoms with E-state index in [0.29, 0.717) is 13.2 Å². The van der Waals surface area contributed by atoms with Gasteiger partial charge in [-0.15, -0.1) is 0 Å². The molecule has 0 aromatic rings. The van der Waals surface area contributed by atoms with Crippen LogP contribution in [0.1, 0.15) is 0 Å². The molecule has 1 aliphatic rings. The van der Waals surface area contributed by atoms with Gasteiger partial charge in [-0.25, -0.2) is 4.79 Å². The Hall–Kier alpha value is -1.19. The van der Waals surface area contributed by atoms with E-state index in [1.165, 1.54) is 0 Å². The number of hydrogen-bond donors (Lipinski definition) is 1. The van der Waals surface area contributed by atoms with Gasteiger partial charge in [0.05, 0.1) is 6.26 Å². The molecular formula is C5H8O4. The summed E-state index contributed by atoms with van der Waals surface area (Å²) < 4.78 is 8.58. The van der Waals surface area contributed by atoms with E-state index in [1.54, 1.807) is 0 Å². The lowest BCUT2D eigenvalue weighted by Gasteiger charge is -1.78. The van der Waals surface area contributed by atoms with E-state index in [9.17, 15) is 4.79 Å². The Balaban J connectivity index is 0.000000187. The molecular weight excluding hydrogens is 124 g/mol. The summed E-state index contributed by atoms with van der Waals surface area (Å²) in [6.45, 7) is 3.75. The molecule has 4 heteroatoms. The molecule has 0 aliphatic carbocycles. The minimum Gasteiger partial charge on any atom is -0.516 e. The van der Waals surface area contributed by atoms with Crippen LogP contribution in [-0.4, -0.2) is 24.5 Å². The van der Waals surface area contributed by atoms with Gasteiger partial charge in [-0.3, -0.25) is 0 Å². The molecule has 4 nitrogen and oxygen atoms in total. The molecule has 1 rings (SSSR count). The zero-order chi connectivity index (χ0) is 7.11. The Morgan fingerprint density at radius 3 is 2.00 bits per heavy atom. The van der Waals surface area contributed by atoms with Crippen LogP contribution in [0, 0.1) is 0 Å². The van der Waals surface area contributed by atoms with Crippen molar-refractivity contribution in [3.63, 3.8) is 0 Å². The Morgan fingerprint density at radius 2 is 1.89 bits per heavy atom. The summed E-state index contributed by atoms with van der Waals surface area (Å²) in [4.78, 5) is 9.80. The number of carbonyl (C=O) groups excluding carboxylic acids is 1. The van der Waals surface area contributed by atoms with Gasteiger partial charge in [0.1, 0.15) is 13.2 Å². The first-order chi connectivity index (χ1) is 4.31. The van der Waals surface area contributed by atoms with Crippen molar-refractivity contribution in [3.05, 3.63) is 12.8 Å². The highest BCUT2D eigenvalue weighted by Crippen LogP contribution is 1.92. The third-order valence-electron chi connectivity index (χ3n) is 0.523. The van der Waals surface area contributed by atoms with Crippen molar-refractivity contribution in [1.82, 2.24) is 0 Å². The summed E-state index contributed by atoms with van der Waals surface area (Å²) in [6.07, 6.45) is 0.204. The third kappa shape index (κ3) is 4.67. The number of hydrogen-bond acceptors (Lipinski definition) is 4. The first-order valence-corrected chi connectivity index (χ1v) is 2.36. The molecule has 0 amide bonds. The quantitative estimate of drug-likeness (QED) is 0.392. The van der Waals surface area contributed by atoms with Gasteiger partial charge < -0.3 is 14.6 Å². The normalized spacial score (nSPS) is 14.4. The SMILES string of the molecule is C=CO.O=C1OCCO1. The molecule has 0 atom stereocenters. The van der Waals surface area contributed by atoms with Gasteiger partial charge in [-0.05, 0) is 0 Å². The standard InChI is InChI=1S/C3H4O3.C2H4O/c4-3-5-1-2-6-3;1-2-3/h1-2H2;2-3H,1H2. The van der Waals surface area contributed by atoms with Gasteiger partial charge in [-0.1, -0.05) is 6.58 Å². The smallest absolute Gasteiger partial charge is 0.508 e. The first kappa shape index (κ1) is 7.81. The zero-order valence-corrected chi connectivity index (χ0v) is 4.87. The Labute approximate surface area is 52.7 Å². The van der Waals surface area contributed by atoms with Crippen molar-refractivity contribution in [2.75, 3.05) is 13.2 Å². The lowest BCUT2D eigenvalue weighted by atomic mass is 10.8. The molecule has 0 aromatic heterocycles. The van der Waals surface area contributed by atoms with Gasteiger partial charge >= 0.3 is 6.16 Å². The summed E-state index contributed by atoms with van der Waals surface area (Å²) in [5.74, 6) is 0. The second-order valence-electron chi connectivity index (χ2n) is 1.13. The molecule has 1 saturated heterocycles. The molecule has 1 aliphatic heterocycles. The molecule has 0 radical (unpaired) electrons. The average Bonchev–Trinajstić information content (AvgIpc) is 2.20. The van der Waals surface area contributed by atoms with E-state index in [-0.39, 0.29) is 0 Å². The van der Waals surface area contributed by atoms with Crippen LogP contribution in [0.4, 0.5) is 4.79 Å². The fourth-order valence-electron chi connectivity index (χ4n) is 0.292. The maximum atomic E-state index is 9.80. The lowest BCUT2D eigenvalue weighted by molar-refractivity contribution is 0.131. The maximum Gasteiger partial charge on any atom is 0.508 e. The first-order valence-electron chi connectivity index (χ1n) is 2.36. The van der Waals surface area contributed by atoms with Crippen LogP contribution in [0.2, 0.25) is 0 Å². The molecule has 0 saturated carbocycles. The average molecular weight is 132 g/mol. The molecule has 9 heavy (non-hydrogen) atoms. The molecule has 0 aromatic carbocycles. The largest absolute Gasteiger partial charge is 0.516 e. The van der Waals surface area contributed by atoms with Gasteiger partial charge in [-0.2, -0.15) is 0 Å². The minimum atomic E-state index is -0.546. The summed E-state index contributed by atoms with van der Waals surface area (Å²) in [5.41, 5.74) is 0. The molecule has 52 valence electrons. The summed E-state index contributed by atoms with van der Waals surface area (Å²) in [5, 5.41) is 7.33. The van der Waals surface area contributed by atoms with E-state index < -0.39 is 6.16 Å². The number of ether oxygens (including phenoxy) is 2. The Morgan fingerprint density at radius 1 is 1.56 bits per heavy atom. The van der Waals surface area contributed by atoms with Crippen LogP contribution in [0.5, 0.6) is 0 Å². The van der Waals surface area contributed by atoms with Crippen LogP contribution >= 0.6 is 0 Å². The second-order valence-corrected chi connectivity index (χ2v) is 1.13. The van der Waals surface area contributed by atoms with Gasteiger partial charge in [0.15, 0.2) is 0 Å². The van der Waals surface area contributed by atoms with E-state index in [0.717, 1.165) is 6.26 Å². The van der Waals surface area contributed by atoms with Crippen molar-refractivity contribution >= 4 is 6.16 Å². The number of carbonyl (C=O) groups is 1. The van der Waals surface area contributed by atoms with Crippen LogP contribution in [-0.2, 0) is 9.47 Å². The number of aliphatic hydroxyl groups is 1. The van der Waals surface area contributed by atoms with E-state index in [2.05, 4.69) is 16.1 Å². The van der Waals surface area contributed by atoms with Crippen molar-refractivity contribution in [3.8, 4) is 0 Å². The number of aliphatic hydroxyl groups excluding tert-OH is 1. The predicted molar refractivity (Wildman–Crippen MR) is 30.1 cm³/mol. The van der Waals surface area contributed by atoms with Crippen molar-refractivity contribution in [1.29, 1.82) is 0 Å². The van der Waals surface area contributed by atoms with Crippen LogP contribution in [0.3, 0.4) is 0 Å². The Bertz CT molecular complexity index is 91.1. The topological polar surface area (TPSA) is 55.8 Å². The summed E-state index contributed by atoms with van der Waals surface area (Å²) >= 11 is 0. The lowest BCUT2D eigenvalue weighted by Crippen LogP contribution is -1.88. The van der Waals surface area contributed by atoms with E-state index in [1.807, 2.05) is 0 Å². The molecule has 1 fully saturated rings. The number of rotatable bonds is 0. The van der Waals surface area contributed by atoms with Gasteiger partial charge in [0, 0.05) is 0 Å². The van der Waals surface area contributed by atoms with Gasteiger partial charge in [0.2, 0.25) is 0 Å². The van der Waals surface area contributed by atoms with Crippen LogP contribution < -0.4 is 0 Å². The van der Waals surface area contributed by atoms with Crippen molar-refractivity contribution < 1.29 is 19.4 Å². The third-order valence-corrected chi connectivity index (χ3v) is 0.523. The van der Waals surface area contributed by atoms with Crippen molar-refractivity contribution in [2.45, 2.75) is 0 Å². The molecule has 0 bridgehead atoms. The van der Waals surface area contributed by atoms with Crippen LogP contribution in [0.25, 0.3) is 0 Å². The zero-order valence-electron chi connectivity index (χ0n) is 4.87. The van der Waals surface area contributed by atoms with E-state index >= 15 is 0 Å². The van der Waals surface area contributed by atoms with E-state index in [4.69, 9.17) is 5.11 Å². The Kier molecular flexibility index (Phi) is 4.30. The molecule has 0 spiro atoms. The molecule has 1 N–H and O–H groups in total. The van der Waals surface area contributed by atoms with Crippen molar-refractivity contribution in [2.24, 2.45) is 0 Å². The predicted octanol–water partition coefficient (Wildman–Crippen LogP) is 0.841. The fourth-order valence-corrected chi connectivity index (χ4v) is 0.292. The fraction of sp³-hybridized carbons (Fsp3) is 0.400. The highest BCUT2D eigenvalue weighted by molar-refractivity contribution is 5.61. The highest BCUT2D eigenvalue weighted by atomic mass is 16.8. The summed E-state index contributed by atoms with van der Waals surface area (Å²) in [6, 6.07) is 0. The second kappa shape index (κ2) is 4.96. The number of cyclic esters (lactones) is 2. The van der Waals surface area contributed by atoms with Gasteiger partial charge in [0.25, 0.3) is 0 Å². The maximum absolute atomic E-state index is 9.80. The molecule has 1 heterocycles.